The molecule has 0 aliphatic heterocycles. The van der Waals surface area contributed by atoms with Crippen LogP contribution < -0.4 is 15.4 Å². The maximum absolute atomic E-state index is 14.2. The van der Waals surface area contributed by atoms with Gasteiger partial charge in [-0.1, -0.05) is 87.1 Å². The van der Waals surface area contributed by atoms with Crippen molar-refractivity contribution < 1.29 is 50.5 Å². The average Bonchev–Trinajstić information content (AvgIpc) is 3.47. The monoisotopic (exact) mass is 850 g/mol. The van der Waals surface area contributed by atoms with Crippen molar-refractivity contribution in [1.29, 1.82) is 0 Å². The second kappa shape index (κ2) is 19.9. The second-order valence-electron chi connectivity index (χ2n) is 17.4. The lowest BCUT2D eigenvalue weighted by Crippen LogP contribution is -2.33. The Hall–Kier alpha value is -5.46. The zero-order valence-electron chi connectivity index (χ0n) is 35.7. The van der Waals surface area contributed by atoms with Crippen LogP contribution in [0.15, 0.2) is 66.7 Å². The largest absolute Gasteiger partial charge is 0.444 e. The Bertz CT molecular complexity index is 2130. The van der Waals surface area contributed by atoms with Gasteiger partial charge in [-0.2, -0.15) is 8.78 Å². The summed E-state index contributed by atoms with van der Waals surface area (Å²) in [5, 5.41) is 5.67. The molecule has 2 N–H and O–H groups in total. The Balaban J connectivity index is 1.34. The van der Waals surface area contributed by atoms with Crippen molar-refractivity contribution in [2.24, 2.45) is 0 Å². The van der Waals surface area contributed by atoms with Crippen LogP contribution >= 0.6 is 0 Å². The Kier molecular flexibility index (Phi) is 15.2. The van der Waals surface area contributed by atoms with Gasteiger partial charge in [0, 0.05) is 18.5 Å². The smallest absolute Gasteiger partial charge is 0.407 e. The van der Waals surface area contributed by atoms with Gasteiger partial charge in [0.1, 0.15) is 11.2 Å². The first-order chi connectivity index (χ1) is 28.8. The lowest BCUT2D eigenvalue weighted by molar-refractivity contribution is 0.0515. The third-order valence-electron chi connectivity index (χ3n) is 10.5. The molecule has 0 unspecified atom stereocenters. The number of alkyl carbamates (subject to hydrolysis) is 2. The van der Waals surface area contributed by atoms with E-state index in [1.54, 1.807) is 12.1 Å². The first kappa shape index (κ1) is 46.6. The molecule has 0 heterocycles. The van der Waals surface area contributed by atoms with Gasteiger partial charge >= 0.3 is 18.2 Å². The number of benzene rings is 4. The van der Waals surface area contributed by atoms with Crippen LogP contribution in [0.25, 0.3) is 22.3 Å². The maximum atomic E-state index is 14.2. The fourth-order valence-electron chi connectivity index (χ4n) is 7.74. The number of hydrogen-bond acceptors (Lipinski definition) is 6. The number of rotatable bonds is 17. The minimum Gasteiger partial charge on any atom is -0.444 e. The average molecular weight is 851 g/mol. The molecule has 2 amide bonds. The van der Waals surface area contributed by atoms with Crippen molar-refractivity contribution in [3.05, 3.63) is 113 Å². The van der Waals surface area contributed by atoms with Gasteiger partial charge < -0.3 is 24.8 Å². The third-order valence-corrected chi connectivity index (χ3v) is 10.5. The van der Waals surface area contributed by atoms with Gasteiger partial charge in [0.25, 0.3) is 0 Å². The molecule has 328 valence electrons. The number of halogens is 5. The minimum atomic E-state index is -2.35. The summed E-state index contributed by atoms with van der Waals surface area (Å²) in [6.45, 7) is 12.0. The molecule has 8 nitrogen and oxygen atoms in total. The van der Waals surface area contributed by atoms with Crippen molar-refractivity contribution in [1.82, 2.24) is 10.6 Å². The van der Waals surface area contributed by atoms with Gasteiger partial charge in [0.15, 0.2) is 0 Å². The van der Waals surface area contributed by atoms with E-state index in [1.807, 2.05) is 53.7 Å². The first-order valence-electron chi connectivity index (χ1n) is 20.8. The summed E-state index contributed by atoms with van der Waals surface area (Å²) in [7, 11) is 0. The van der Waals surface area contributed by atoms with Gasteiger partial charge in [-0.3, -0.25) is 0 Å². The molecule has 1 aliphatic rings. The Morgan fingerprint density at radius 2 is 1.00 bits per heavy atom. The fraction of sp³-hybridized carbons (Fsp3) is 0.438. The highest BCUT2D eigenvalue weighted by Gasteiger charge is 2.42. The van der Waals surface area contributed by atoms with E-state index in [-0.39, 0.29) is 11.0 Å². The normalized spacial score (nSPS) is 13.0. The summed E-state index contributed by atoms with van der Waals surface area (Å²) >= 11 is 0. The molecule has 0 fully saturated rings. The molecule has 4 aromatic carbocycles. The molecule has 4 aromatic rings. The third kappa shape index (κ3) is 11.9. The molecule has 0 saturated heterocycles. The van der Waals surface area contributed by atoms with Gasteiger partial charge in [-0.25, -0.2) is 27.6 Å². The van der Waals surface area contributed by atoms with Crippen LogP contribution in [0.3, 0.4) is 0 Å². The van der Waals surface area contributed by atoms with Gasteiger partial charge in [0.2, 0.25) is 34.8 Å². The summed E-state index contributed by atoms with van der Waals surface area (Å²) in [5.74, 6) is -14.2. The van der Waals surface area contributed by atoms with E-state index < -0.39 is 64.2 Å². The van der Waals surface area contributed by atoms with E-state index in [0.29, 0.717) is 13.1 Å². The molecule has 0 aromatic heterocycles. The maximum Gasteiger partial charge on any atom is 0.407 e. The summed E-state index contributed by atoms with van der Waals surface area (Å²) in [6, 6.07) is 20.7. The summed E-state index contributed by atoms with van der Waals surface area (Å²) < 4.78 is 84.9. The van der Waals surface area contributed by atoms with Crippen LogP contribution in [0.1, 0.15) is 127 Å². The SMILES string of the molecule is CC(C)(C)OC(=O)NCCCCCCC1(CCCCCCNC(=O)OC(C)(C)C)c2ccccc2-c2ccc(-c3ccc(C(=O)Oc4c(F)c(F)c(F)c(F)c4F)cc3)cc21. The lowest BCUT2D eigenvalue weighted by Gasteiger charge is -2.33. The Labute approximate surface area is 354 Å². The highest BCUT2D eigenvalue weighted by atomic mass is 19.2. The standard InChI is InChI=1S/C48H55F5N2O6/c1-46(2,3)60-44(57)54-27-15-9-7-13-25-48(26-14-8-10-16-28-55-45(58)61-47(4,5)6)35-18-12-11-17-33(35)34-24-23-32(29-36(34)48)30-19-21-31(22-20-30)43(56)59-42-40(52)38(50)37(49)39(51)41(42)53/h11-12,17-24,29H,7-10,13-16,25-28H2,1-6H3,(H,54,57)(H,55,58). The Morgan fingerprint density at radius 3 is 1.52 bits per heavy atom. The summed E-state index contributed by atoms with van der Waals surface area (Å²) in [5.41, 5.74) is 4.72. The first-order valence-corrected chi connectivity index (χ1v) is 20.8. The van der Waals surface area contributed by atoms with Crippen LogP contribution in [0.2, 0.25) is 0 Å². The van der Waals surface area contributed by atoms with Gasteiger partial charge in [-0.05, 0) is 119 Å². The number of carbonyl (C=O) groups is 3. The zero-order valence-corrected chi connectivity index (χ0v) is 35.7. The fourth-order valence-corrected chi connectivity index (χ4v) is 7.74. The van der Waals surface area contributed by atoms with E-state index in [1.165, 1.54) is 28.8 Å². The number of esters is 1. The van der Waals surface area contributed by atoms with Gasteiger partial charge in [-0.15, -0.1) is 0 Å². The van der Waals surface area contributed by atoms with Crippen molar-refractivity contribution in [3.8, 4) is 28.0 Å². The van der Waals surface area contributed by atoms with Gasteiger partial charge in [0.05, 0.1) is 5.56 Å². The van der Waals surface area contributed by atoms with E-state index in [9.17, 15) is 36.3 Å². The minimum absolute atomic E-state index is 0.154. The molecule has 1 aliphatic carbocycles. The lowest BCUT2D eigenvalue weighted by atomic mass is 9.70. The van der Waals surface area contributed by atoms with Crippen LogP contribution in [-0.4, -0.2) is 42.4 Å². The summed E-state index contributed by atoms with van der Waals surface area (Å²) in [6.07, 6.45) is 8.13. The molecule has 61 heavy (non-hydrogen) atoms. The molecule has 0 saturated carbocycles. The van der Waals surface area contributed by atoms with E-state index in [4.69, 9.17) is 9.47 Å². The van der Waals surface area contributed by atoms with Crippen molar-refractivity contribution in [3.63, 3.8) is 0 Å². The summed E-state index contributed by atoms with van der Waals surface area (Å²) in [4.78, 5) is 37.1. The molecular formula is C48H55F5N2O6. The number of unbranched alkanes of at least 4 members (excludes halogenated alkanes) is 6. The van der Waals surface area contributed by atoms with Crippen molar-refractivity contribution in [2.75, 3.05) is 13.1 Å². The van der Waals surface area contributed by atoms with Crippen LogP contribution in [0, 0.1) is 29.1 Å². The molecule has 13 heteroatoms. The molecule has 0 spiro atoms. The molecular weight excluding hydrogens is 796 g/mol. The van der Waals surface area contributed by atoms with Crippen molar-refractivity contribution >= 4 is 18.2 Å². The number of ether oxygens (including phenoxy) is 3. The van der Waals surface area contributed by atoms with E-state index in [0.717, 1.165) is 80.9 Å². The van der Waals surface area contributed by atoms with Crippen LogP contribution in [0.5, 0.6) is 5.75 Å². The highest BCUT2D eigenvalue weighted by molar-refractivity contribution is 5.92. The van der Waals surface area contributed by atoms with Crippen LogP contribution in [-0.2, 0) is 14.9 Å². The number of carbonyl (C=O) groups excluding carboxylic acids is 3. The molecule has 5 rings (SSSR count). The number of amides is 2. The molecule has 0 bridgehead atoms. The number of hydrogen-bond donors (Lipinski definition) is 2. The predicted octanol–water partition coefficient (Wildman–Crippen LogP) is 12.5. The van der Waals surface area contributed by atoms with Crippen LogP contribution in [0.4, 0.5) is 31.5 Å². The zero-order chi connectivity index (χ0) is 44.5. The highest BCUT2D eigenvalue weighted by Crippen LogP contribution is 2.55. The van der Waals surface area contributed by atoms with E-state index >= 15 is 0 Å². The quantitative estimate of drug-likeness (QED) is 0.0274. The number of fused-ring (bicyclic) bond motifs is 3. The van der Waals surface area contributed by atoms with E-state index in [2.05, 4.69) is 45.7 Å². The molecule has 0 atom stereocenters. The van der Waals surface area contributed by atoms with Crippen molar-refractivity contribution in [2.45, 2.75) is 122 Å². The topological polar surface area (TPSA) is 103 Å². The Morgan fingerprint density at radius 1 is 0.541 bits per heavy atom. The second-order valence-corrected chi connectivity index (χ2v) is 17.4. The number of nitrogens with one attached hydrogen (secondary N) is 2. The molecule has 0 radical (unpaired) electrons. The predicted molar refractivity (Wildman–Crippen MR) is 224 cm³/mol.